The predicted molar refractivity (Wildman–Crippen MR) is 154 cm³/mol. The number of hydrogen-bond acceptors (Lipinski definition) is 7. The molecule has 0 unspecified atom stereocenters. The Bertz CT molecular complexity index is 1360. The van der Waals surface area contributed by atoms with E-state index >= 15 is 0 Å². The Hall–Kier alpha value is -4.11. The van der Waals surface area contributed by atoms with Gasteiger partial charge in [-0.3, -0.25) is 14.5 Å². The number of amides is 2. The number of aliphatic imine (C=N–C) groups is 1. The quantitative estimate of drug-likeness (QED) is 0.363. The maximum absolute atomic E-state index is 13.3. The minimum Gasteiger partial charge on any atom is -0.497 e. The molecular formula is C30H31N3O5S. The zero-order valence-corrected chi connectivity index (χ0v) is 23.0. The number of ether oxygens (including phenoxy) is 2. The predicted octanol–water partition coefficient (Wildman–Crippen LogP) is 5.38. The third kappa shape index (κ3) is 7.48. The number of nitrogens with one attached hydrogen (secondary N) is 1. The number of hydrogen-bond donors (Lipinski definition) is 1. The first-order chi connectivity index (χ1) is 18.9. The van der Waals surface area contributed by atoms with Gasteiger partial charge in [0.15, 0.2) is 5.17 Å². The number of nitrogens with zero attached hydrogens (tertiary/aromatic N) is 2. The first-order valence-corrected chi connectivity index (χ1v) is 13.6. The lowest BCUT2D eigenvalue weighted by Gasteiger charge is -2.32. The van der Waals surface area contributed by atoms with Crippen molar-refractivity contribution in [2.75, 3.05) is 25.6 Å². The van der Waals surface area contributed by atoms with Crippen LogP contribution < -0.4 is 10.1 Å². The molecule has 0 aromatic heterocycles. The lowest BCUT2D eigenvalue weighted by molar-refractivity contribution is -0.129. The van der Waals surface area contributed by atoms with Gasteiger partial charge in [-0.2, -0.15) is 0 Å². The van der Waals surface area contributed by atoms with Crippen LogP contribution in [0.4, 0.5) is 11.4 Å². The Kier molecular flexibility index (Phi) is 9.38. The molecule has 0 spiro atoms. The van der Waals surface area contributed by atoms with Crippen molar-refractivity contribution in [3.63, 3.8) is 0 Å². The van der Waals surface area contributed by atoms with Crippen LogP contribution in [0.5, 0.6) is 5.75 Å². The Morgan fingerprint density at radius 1 is 1.08 bits per heavy atom. The molecule has 3 aromatic rings. The van der Waals surface area contributed by atoms with Crippen molar-refractivity contribution >= 4 is 46.1 Å². The number of anilines is 1. The van der Waals surface area contributed by atoms with Crippen LogP contribution in [0.3, 0.4) is 0 Å². The van der Waals surface area contributed by atoms with Crippen molar-refractivity contribution in [1.82, 2.24) is 4.90 Å². The fourth-order valence-corrected chi connectivity index (χ4v) is 5.16. The molecule has 1 aliphatic rings. The van der Waals surface area contributed by atoms with Crippen LogP contribution in [0.15, 0.2) is 77.8 Å². The summed E-state index contributed by atoms with van der Waals surface area (Å²) >= 11 is 1.26. The highest BCUT2D eigenvalue weighted by molar-refractivity contribution is 8.15. The third-order valence-electron chi connectivity index (χ3n) is 6.10. The van der Waals surface area contributed by atoms with E-state index in [2.05, 4.69) is 5.32 Å². The number of esters is 1. The molecule has 1 atom stereocenters. The molecule has 1 fully saturated rings. The molecule has 1 N–H and O–H groups in total. The largest absolute Gasteiger partial charge is 0.497 e. The van der Waals surface area contributed by atoms with E-state index in [9.17, 15) is 14.4 Å². The van der Waals surface area contributed by atoms with E-state index in [-0.39, 0.29) is 24.8 Å². The van der Waals surface area contributed by atoms with Gasteiger partial charge in [-0.1, -0.05) is 36.0 Å². The Morgan fingerprint density at radius 3 is 2.49 bits per heavy atom. The van der Waals surface area contributed by atoms with Gasteiger partial charge in [-0.15, -0.1) is 0 Å². The summed E-state index contributed by atoms with van der Waals surface area (Å²) < 4.78 is 10.3. The van der Waals surface area contributed by atoms with Gasteiger partial charge in [0.1, 0.15) is 11.0 Å². The number of aryl methyl sites for hydroxylation is 1. The highest BCUT2D eigenvalue weighted by atomic mass is 32.2. The summed E-state index contributed by atoms with van der Waals surface area (Å²) in [5.41, 5.74) is 3.74. The van der Waals surface area contributed by atoms with E-state index in [0.29, 0.717) is 35.1 Å². The highest BCUT2D eigenvalue weighted by Gasteiger charge is 2.35. The lowest BCUT2D eigenvalue weighted by atomic mass is 10.1. The van der Waals surface area contributed by atoms with Crippen LogP contribution in [0.2, 0.25) is 0 Å². The average molecular weight is 546 g/mol. The van der Waals surface area contributed by atoms with Crippen molar-refractivity contribution in [3.05, 3.63) is 89.5 Å². The summed E-state index contributed by atoms with van der Waals surface area (Å²) in [7, 11) is 1.62. The number of rotatable bonds is 9. The Morgan fingerprint density at radius 2 is 1.82 bits per heavy atom. The van der Waals surface area contributed by atoms with Gasteiger partial charge < -0.3 is 14.8 Å². The van der Waals surface area contributed by atoms with Crippen LogP contribution in [0.25, 0.3) is 0 Å². The van der Waals surface area contributed by atoms with Gasteiger partial charge >= 0.3 is 5.97 Å². The summed E-state index contributed by atoms with van der Waals surface area (Å²) in [4.78, 5) is 44.8. The molecule has 0 aliphatic carbocycles. The second-order valence-corrected chi connectivity index (χ2v) is 10.1. The van der Waals surface area contributed by atoms with E-state index in [1.165, 1.54) is 11.8 Å². The minimum absolute atomic E-state index is 0.0613. The van der Waals surface area contributed by atoms with Crippen molar-refractivity contribution in [3.8, 4) is 5.75 Å². The molecular weight excluding hydrogens is 514 g/mol. The topological polar surface area (TPSA) is 97.3 Å². The molecule has 0 bridgehead atoms. The molecule has 1 saturated heterocycles. The van der Waals surface area contributed by atoms with E-state index in [1.54, 1.807) is 43.2 Å². The lowest BCUT2D eigenvalue weighted by Crippen LogP contribution is -2.46. The first-order valence-electron chi connectivity index (χ1n) is 12.7. The van der Waals surface area contributed by atoms with E-state index < -0.39 is 11.2 Å². The van der Waals surface area contributed by atoms with Gasteiger partial charge in [-0.25, -0.2) is 9.79 Å². The maximum atomic E-state index is 13.3. The van der Waals surface area contributed by atoms with Gasteiger partial charge in [0.25, 0.3) is 0 Å². The third-order valence-corrected chi connectivity index (χ3v) is 7.29. The molecule has 202 valence electrons. The standard InChI is InChI=1S/C30H31N3O5S/c1-4-38-29(36)22-10-12-23(13-11-22)32-30-33(17-16-21-8-14-25(37-3)15-9-21)27(34)19-26(39-30)28(35)31-24-7-5-6-20(2)18-24/h5-15,18,26H,4,16-17,19H2,1-3H3,(H,31,35)/t26-/m0/s1. The summed E-state index contributed by atoms with van der Waals surface area (Å²) in [6.45, 7) is 4.40. The van der Waals surface area contributed by atoms with Crippen LogP contribution in [-0.2, 0) is 20.7 Å². The van der Waals surface area contributed by atoms with Crippen molar-refractivity contribution in [2.24, 2.45) is 4.99 Å². The monoisotopic (exact) mass is 545 g/mol. The molecule has 0 saturated carbocycles. The molecule has 8 nitrogen and oxygen atoms in total. The molecule has 2 amide bonds. The fraction of sp³-hybridized carbons (Fsp3) is 0.267. The summed E-state index contributed by atoms with van der Waals surface area (Å²) in [6, 6.07) is 21.9. The Labute approximate surface area is 232 Å². The second kappa shape index (κ2) is 13.1. The van der Waals surface area contributed by atoms with Gasteiger partial charge in [-0.05, 0) is 79.9 Å². The Balaban J connectivity index is 1.55. The number of benzene rings is 3. The van der Waals surface area contributed by atoms with Crippen LogP contribution in [0.1, 0.15) is 34.8 Å². The number of thioether (sulfide) groups is 1. The van der Waals surface area contributed by atoms with Gasteiger partial charge in [0.05, 0.1) is 25.0 Å². The molecule has 1 aliphatic heterocycles. The SMILES string of the molecule is CCOC(=O)c1ccc(N=C2S[C@H](C(=O)Nc3cccc(C)c3)CC(=O)N2CCc2ccc(OC)cc2)cc1. The smallest absolute Gasteiger partial charge is 0.338 e. The van der Waals surface area contributed by atoms with Crippen molar-refractivity contribution in [1.29, 1.82) is 0 Å². The number of methoxy groups -OCH3 is 1. The normalized spacial score (nSPS) is 16.2. The van der Waals surface area contributed by atoms with Gasteiger partial charge in [0.2, 0.25) is 11.8 Å². The molecule has 3 aromatic carbocycles. The molecule has 9 heteroatoms. The number of amidine groups is 1. The fourth-order valence-electron chi connectivity index (χ4n) is 4.04. The van der Waals surface area contributed by atoms with Crippen LogP contribution >= 0.6 is 11.8 Å². The number of carbonyl (C=O) groups is 3. The molecule has 4 rings (SSSR count). The van der Waals surface area contributed by atoms with Crippen molar-refractivity contribution < 1.29 is 23.9 Å². The highest BCUT2D eigenvalue weighted by Crippen LogP contribution is 2.30. The molecule has 0 radical (unpaired) electrons. The minimum atomic E-state index is -0.632. The second-order valence-electron chi connectivity index (χ2n) is 8.97. The summed E-state index contributed by atoms with van der Waals surface area (Å²) in [5, 5.41) is 2.73. The van der Waals surface area contributed by atoms with E-state index in [4.69, 9.17) is 14.5 Å². The van der Waals surface area contributed by atoms with Crippen LogP contribution in [-0.4, -0.2) is 53.4 Å². The zero-order chi connectivity index (χ0) is 27.8. The van der Waals surface area contributed by atoms with Gasteiger partial charge in [0, 0.05) is 18.7 Å². The maximum Gasteiger partial charge on any atom is 0.338 e. The summed E-state index contributed by atoms with van der Waals surface area (Å²) in [5.74, 6) is -0.0695. The van der Waals surface area contributed by atoms with Crippen molar-refractivity contribution in [2.45, 2.75) is 31.9 Å². The van der Waals surface area contributed by atoms with E-state index in [0.717, 1.165) is 16.9 Å². The molecule has 1 heterocycles. The van der Waals surface area contributed by atoms with Crippen LogP contribution in [0, 0.1) is 6.92 Å². The number of carbonyl (C=O) groups excluding carboxylic acids is 3. The average Bonchev–Trinajstić information content (AvgIpc) is 2.93. The molecule has 39 heavy (non-hydrogen) atoms. The zero-order valence-electron chi connectivity index (χ0n) is 22.2. The van der Waals surface area contributed by atoms with E-state index in [1.807, 2.05) is 55.5 Å². The first kappa shape index (κ1) is 27.9. The summed E-state index contributed by atoms with van der Waals surface area (Å²) in [6.07, 6.45) is 0.670.